The number of esters is 1. The first-order chi connectivity index (χ1) is 9.48. The van der Waals surface area contributed by atoms with Gasteiger partial charge in [0.2, 0.25) is 10.0 Å². The number of amides is 1. The van der Waals surface area contributed by atoms with Crippen LogP contribution >= 0.6 is 0 Å². The molecule has 8 nitrogen and oxygen atoms in total. The molecule has 0 saturated carbocycles. The average Bonchev–Trinajstić information content (AvgIpc) is 2.32. The second-order valence-electron chi connectivity index (χ2n) is 5.36. The average molecular weight is 324 g/mol. The zero-order valence-corrected chi connectivity index (χ0v) is 13.9. The highest BCUT2D eigenvalue weighted by atomic mass is 32.2. The summed E-state index contributed by atoms with van der Waals surface area (Å²) in [5.41, 5.74) is -0.658. The van der Waals surface area contributed by atoms with Gasteiger partial charge in [0.1, 0.15) is 12.1 Å². The molecule has 0 aromatic heterocycles. The normalized spacial score (nSPS) is 13.4. The summed E-state index contributed by atoms with van der Waals surface area (Å²) in [6, 6.07) is 0. The van der Waals surface area contributed by atoms with E-state index in [0.29, 0.717) is 0 Å². The summed E-state index contributed by atoms with van der Waals surface area (Å²) in [6.07, 6.45) is -0.699. The Morgan fingerprint density at radius 3 is 2.29 bits per heavy atom. The molecule has 0 aromatic rings. The minimum atomic E-state index is -3.73. The van der Waals surface area contributed by atoms with Crippen molar-refractivity contribution < 1.29 is 27.5 Å². The smallest absolute Gasteiger partial charge is 0.407 e. The van der Waals surface area contributed by atoms with Crippen molar-refractivity contribution in [1.82, 2.24) is 10.0 Å². The van der Waals surface area contributed by atoms with Gasteiger partial charge in [0, 0.05) is 6.54 Å². The van der Waals surface area contributed by atoms with Crippen LogP contribution in [-0.2, 0) is 24.3 Å². The summed E-state index contributed by atoms with van der Waals surface area (Å²) in [6.45, 7) is 7.75. The van der Waals surface area contributed by atoms with Gasteiger partial charge in [-0.25, -0.2) is 17.9 Å². The Balaban J connectivity index is 4.28. The van der Waals surface area contributed by atoms with E-state index in [0.717, 1.165) is 0 Å². The standard InChI is InChI=1S/C12H24N2O6S/c1-6-19-10(15)8-14-21(17,18)9(2)7-13-11(16)20-12(3,4)5/h9,14H,6-8H2,1-5H3,(H,13,16)/t9-/m1/s1. The molecular weight excluding hydrogens is 300 g/mol. The Hall–Kier alpha value is -1.35. The fourth-order valence-corrected chi connectivity index (χ4v) is 2.07. The van der Waals surface area contributed by atoms with Crippen molar-refractivity contribution in [2.75, 3.05) is 19.7 Å². The van der Waals surface area contributed by atoms with Crippen molar-refractivity contribution in [3.63, 3.8) is 0 Å². The molecule has 0 aliphatic rings. The molecule has 21 heavy (non-hydrogen) atoms. The summed E-state index contributed by atoms with van der Waals surface area (Å²) in [7, 11) is -3.73. The first kappa shape index (κ1) is 19.7. The Kier molecular flexibility index (Phi) is 7.65. The number of hydrogen-bond acceptors (Lipinski definition) is 6. The zero-order chi connectivity index (χ0) is 16.7. The number of alkyl carbamates (subject to hydrolysis) is 1. The molecule has 124 valence electrons. The molecule has 0 radical (unpaired) electrons. The van der Waals surface area contributed by atoms with Gasteiger partial charge in [0.25, 0.3) is 0 Å². The molecule has 0 saturated heterocycles. The van der Waals surface area contributed by atoms with Crippen molar-refractivity contribution in [2.24, 2.45) is 0 Å². The topological polar surface area (TPSA) is 111 Å². The highest BCUT2D eigenvalue weighted by Crippen LogP contribution is 2.06. The molecule has 0 aromatic carbocycles. The van der Waals surface area contributed by atoms with E-state index in [1.807, 2.05) is 0 Å². The Morgan fingerprint density at radius 1 is 1.24 bits per heavy atom. The van der Waals surface area contributed by atoms with Gasteiger partial charge in [-0.15, -0.1) is 0 Å². The molecule has 1 atom stereocenters. The third-order valence-corrected chi connectivity index (χ3v) is 3.96. The van der Waals surface area contributed by atoms with Crippen LogP contribution in [0.5, 0.6) is 0 Å². The predicted octanol–water partition coefficient (Wildman–Crippen LogP) is 0.382. The van der Waals surface area contributed by atoms with E-state index in [2.05, 4.69) is 14.8 Å². The first-order valence-corrected chi connectivity index (χ1v) is 8.13. The molecule has 9 heteroatoms. The Morgan fingerprint density at radius 2 is 1.81 bits per heavy atom. The lowest BCUT2D eigenvalue weighted by molar-refractivity contribution is -0.141. The number of ether oxygens (including phenoxy) is 2. The quantitative estimate of drug-likeness (QED) is 0.655. The van der Waals surface area contributed by atoms with Crippen molar-refractivity contribution in [1.29, 1.82) is 0 Å². The molecule has 0 aliphatic heterocycles. The van der Waals surface area contributed by atoms with Crippen molar-refractivity contribution in [3.8, 4) is 0 Å². The Bertz CT molecular complexity index is 455. The van der Waals surface area contributed by atoms with Crippen LogP contribution in [0.4, 0.5) is 4.79 Å². The minimum absolute atomic E-state index is 0.132. The van der Waals surface area contributed by atoms with Gasteiger partial charge in [0.15, 0.2) is 0 Å². The van der Waals surface area contributed by atoms with Crippen molar-refractivity contribution in [2.45, 2.75) is 45.5 Å². The Labute approximate surface area is 125 Å². The maximum absolute atomic E-state index is 11.8. The lowest BCUT2D eigenvalue weighted by atomic mass is 10.2. The van der Waals surface area contributed by atoms with E-state index in [9.17, 15) is 18.0 Å². The highest BCUT2D eigenvalue weighted by Gasteiger charge is 2.23. The molecule has 0 aliphatic carbocycles. The molecule has 2 N–H and O–H groups in total. The molecule has 0 heterocycles. The van der Waals surface area contributed by atoms with E-state index < -0.39 is 39.5 Å². The van der Waals surface area contributed by atoms with Gasteiger partial charge >= 0.3 is 12.1 Å². The minimum Gasteiger partial charge on any atom is -0.465 e. The van der Waals surface area contributed by atoms with Crippen LogP contribution in [0.15, 0.2) is 0 Å². The van der Waals surface area contributed by atoms with E-state index in [4.69, 9.17) is 4.74 Å². The van der Waals surface area contributed by atoms with Gasteiger partial charge < -0.3 is 14.8 Å². The van der Waals surface area contributed by atoms with Crippen LogP contribution < -0.4 is 10.0 Å². The SMILES string of the molecule is CCOC(=O)CNS(=O)(=O)[C@H](C)CNC(=O)OC(C)(C)C. The van der Waals surface area contributed by atoms with Gasteiger partial charge in [-0.3, -0.25) is 4.79 Å². The van der Waals surface area contributed by atoms with E-state index in [-0.39, 0.29) is 13.2 Å². The van der Waals surface area contributed by atoms with Gasteiger partial charge in [-0.2, -0.15) is 0 Å². The van der Waals surface area contributed by atoms with Crippen LogP contribution in [0.25, 0.3) is 0 Å². The van der Waals surface area contributed by atoms with Crippen molar-refractivity contribution in [3.05, 3.63) is 0 Å². The number of sulfonamides is 1. The summed E-state index contributed by atoms with van der Waals surface area (Å²) in [4.78, 5) is 22.5. The van der Waals surface area contributed by atoms with Crippen LogP contribution in [-0.4, -0.2) is 51.0 Å². The van der Waals surface area contributed by atoms with E-state index in [1.165, 1.54) is 6.92 Å². The zero-order valence-electron chi connectivity index (χ0n) is 13.1. The molecule has 0 rings (SSSR count). The summed E-state index contributed by atoms with van der Waals surface area (Å²) in [5.74, 6) is -0.659. The molecule has 0 spiro atoms. The molecule has 0 fully saturated rings. The maximum atomic E-state index is 11.8. The van der Waals surface area contributed by atoms with Crippen LogP contribution in [0.3, 0.4) is 0 Å². The highest BCUT2D eigenvalue weighted by molar-refractivity contribution is 7.90. The van der Waals surface area contributed by atoms with Crippen molar-refractivity contribution >= 4 is 22.1 Å². The first-order valence-electron chi connectivity index (χ1n) is 6.59. The summed E-state index contributed by atoms with van der Waals surface area (Å²) >= 11 is 0. The lowest BCUT2D eigenvalue weighted by Crippen LogP contribution is -2.43. The second kappa shape index (κ2) is 8.18. The summed E-state index contributed by atoms with van der Waals surface area (Å²) in [5, 5.41) is 1.44. The summed E-state index contributed by atoms with van der Waals surface area (Å²) < 4.78 is 35.4. The molecule has 0 unspecified atom stereocenters. The van der Waals surface area contributed by atoms with Crippen LogP contribution in [0, 0.1) is 0 Å². The van der Waals surface area contributed by atoms with E-state index in [1.54, 1.807) is 27.7 Å². The fraction of sp³-hybridized carbons (Fsp3) is 0.833. The van der Waals surface area contributed by atoms with Gasteiger partial charge in [0.05, 0.1) is 11.9 Å². The largest absolute Gasteiger partial charge is 0.465 e. The fourth-order valence-electron chi connectivity index (χ4n) is 1.16. The van der Waals surface area contributed by atoms with Gasteiger partial charge in [-0.1, -0.05) is 0 Å². The second-order valence-corrected chi connectivity index (χ2v) is 7.55. The lowest BCUT2D eigenvalue weighted by Gasteiger charge is -2.20. The number of carbonyl (C=O) groups excluding carboxylic acids is 2. The maximum Gasteiger partial charge on any atom is 0.407 e. The number of nitrogens with one attached hydrogen (secondary N) is 2. The van der Waals surface area contributed by atoms with Gasteiger partial charge in [-0.05, 0) is 34.6 Å². The molecule has 1 amide bonds. The molecular formula is C12H24N2O6S. The number of carbonyl (C=O) groups is 2. The monoisotopic (exact) mass is 324 g/mol. The van der Waals surface area contributed by atoms with Crippen LogP contribution in [0.1, 0.15) is 34.6 Å². The number of rotatable bonds is 7. The molecule has 0 bridgehead atoms. The van der Waals surface area contributed by atoms with Crippen LogP contribution in [0.2, 0.25) is 0 Å². The van der Waals surface area contributed by atoms with E-state index >= 15 is 0 Å². The third kappa shape index (κ3) is 9.24. The third-order valence-electron chi connectivity index (χ3n) is 2.19. The number of hydrogen-bond donors (Lipinski definition) is 2. The predicted molar refractivity (Wildman–Crippen MR) is 77.3 cm³/mol.